The van der Waals surface area contributed by atoms with Crippen LogP contribution in [0.3, 0.4) is 0 Å². The molecule has 0 spiro atoms. The zero-order chi connectivity index (χ0) is 58.6. The Morgan fingerprint density at radius 2 is 0.685 bits per heavy atom. The Morgan fingerprint density at radius 1 is 0.258 bits per heavy atom. The number of furan rings is 2. The highest BCUT2D eigenvalue weighted by atomic mass is 16.3. The highest BCUT2D eigenvalue weighted by Gasteiger charge is 2.48. The molecule has 2 heterocycles. The van der Waals surface area contributed by atoms with Crippen LogP contribution in [0.1, 0.15) is 22.3 Å². The molecule has 0 amide bonds. The fourth-order valence-electron chi connectivity index (χ4n) is 14.7. The lowest BCUT2D eigenvalue weighted by atomic mass is 9.66. The van der Waals surface area contributed by atoms with Gasteiger partial charge in [0.2, 0.25) is 0 Å². The Balaban J connectivity index is 0.878. The molecule has 0 N–H and O–H groups in total. The number of rotatable bonds is 10. The van der Waals surface area contributed by atoms with E-state index in [1.165, 1.54) is 66.1 Å². The first-order valence-electron chi connectivity index (χ1n) is 30.5. The summed E-state index contributed by atoms with van der Waals surface area (Å²) in [7, 11) is 0. The van der Waals surface area contributed by atoms with Gasteiger partial charge in [0.05, 0.1) is 16.8 Å². The summed E-state index contributed by atoms with van der Waals surface area (Å²) >= 11 is 0. The maximum atomic E-state index is 6.88. The van der Waals surface area contributed by atoms with Crippen LogP contribution in [0.15, 0.2) is 336 Å². The van der Waals surface area contributed by atoms with Crippen molar-refractivity contribution in [1.29, 1.82) is 0 Å². The minimum atomic E-state index is -0.749. The molecule has 89 heavy (non-hydrogen) atoms. The first-order valence-corrected chi connectivity index (χ1v) is 30.5. The number of benzene rings is 15. The van der Waals surface area contributed by atoms with Crippen molar-refractivity contribution in [3.63, 3.8) is 0 Å². The fraction of sp³-hybridized carbons (Fsp3) is 0.0118. The van der Waals surface area contributed by atoms with Gasteiger partial charge in [-0.1, -0.05) is 243 Å². The lowest BCUT2D eigenvalue weighted by molar-refractivity contribution is 0.668. The van der Waals surface area contributed by atoms with E-state index < -0.39 is 5.41 Å². The molecule has 18 rings (SSSR count). The summed E-state index contributed by atoms with van der Waals surface area (Å²) < 4.78 is 13.7. The molecule has 2 aromatic heterocycles. The monoisotopic (exact) mass is 1130 g/mol. The van der Waals surface area contributed by atoms with Gasteiger partial charge in [-0.3, -0.25) is 0 Å². The van der Waals surface area contributed by atoms with Crippen molar-refractivity contribution >= 4 is 110 Å². The predicted octanol–water partition coefficient (Wildman–Crippen LogP) is 23.6. The van der Waals surface area contributed by atoms with Crippen molar-refractivity contribution in [2.75, 3.05) is 9.80 Å². The molecule has 0 bridgehead atoms. The summed E-state index contributed by atoms with van der Waals surface area (Å²) in [4.78, 5) is 4.76. The molecule has 416 valence electrons. The van der Waals surface area contributed by atoms with Crippen LogP contribution >= 0.6 is 0 Å². The third-order valence-electron chi connectivity index (χ3n) is 18.7. The Morgan fingerprint density at radius 3 is 1.22 bits per heavy atom. The van der Waals surface area contributed by atoms with Crippen LogP contribution < -0.4 is 9.80 Å². The first-order chi connectivity index (χ1) is 44.1. The molecule has 4 heteroatoms. The molecule has 1 aliphatic rings. The molecule has 15 aromatic carbocycles. The van der Waals surface area contributed by atoms with Crippen molar-refractivity contribution in [2.45, 2.75) is 5.41 Å². The topological polar surface area (TPSA) is 32.8 Å². The number of nitrogens with zero attached hydrogens (tertiary/aromatic N) is 2. The van der Waals surface area contributed by atoms with Crippen molar-refractivity contribution in [3.05, 3.63) is 350 Å². The number of fused-ring (bicyclic) bond motifs is 15. The molecule has 0 radical (unpaired) electrons. The zero-order valence-electron chi connectivity index (χ0n) is 48.4. The molecule has 0 fully saturated rings. The summed E-state index contributed by atoms with van der Waals surface area (Å²) in [6, 6.07) is 120. The Bertz CT molecular complexity index is 5560. The highest BCUT2D eigenvalue weighted by molar-refractivity contribution is 6.21. The Hall–Kier alpha value is -11.7. The van der Waals surface area contributed by atoms with Gasteiger partial charge in [-0.25, -0.2) is 0 Å². The van der Waals surface area contributed by atoms with Gasteiger partial charge in [-0.2, -0.15) is 0 Å². The van der Waals surface area contributed by atoms with E-state index in [1.807, 2.05) is 12.1 Å². The SMILES string of the molecule is c1ccc(-c2ccc(N(c3ccc4cc5c(cc4c3)C(c3ccccc3)(c3ccccc3)c3c-5c4ccccc4c4cc(N(c5ccc(-c6ccccc6)cc5)c5cccc6c5oc5ccccc56)ccc34)c3cccc4c3oc3ccccc34)cc2)cc1. The van der Waals surface area contributed by atoms with E-state index in [1.54, 1.807) is 0 Å². The van der Waals surface area contributed by atoms with Crippen molar-refractivity contribution in [3.8, 4) is 33.4 Å². The summed E-state index contributed by atoms with van der Waals surface area (Å²) in [5, 5.41) is 11.4. The van der Waals surface area contributed by atoms with Crippen LogP contribution in [0.5, 0.6) is 0 Å². The second-order valence-electron chi connectivity index (χ2n) is 23.4. The van der Waals surface area contributed by atoms with Gasteiger partial charge in [-0.15, -0.1) is 0 Å². The first kappa shape index (κ1) is 50.6. The average molecular weight is 1140 g/mol. The van der Waals surface area contributed by atoms with Crippen LogP contribution in [0, 0.1) is 0 Å². The van der Waals surface area contributed by atoms with Crippen molar-refractivity contribution in [1.82, 2.24) is 0 Å². The van der Waals surface area contributed by atoms with Gasteiger partial charge in [0.1, 0.15) is 11.2 Å². The van der Waals surface area contributed by atoms with E-state index in [4.69, 9.17) is 8.83 Å². The Kier molecular flexibility index (Phi) is 11.5. The quantitative estimate of drug-likeness (QED) is 0.128. The van der Waals surface area contributed by atoms with Gasteiger partial charge >= 0.3 is 0 Å². The summed E-state index contributed by atoms with van der Waals surface area (Å²) in [6.45, 7) is 0. The second kappa shape index (κ2) is 20.2. The fourth-order valence-corrected chi connectivity index (χ4v) is 14.7. The molecule has 4 nitrogen and oxygen atoms in total. The van der Waals surface area contributed by atoms with E-state index >= 15 is 0 Å². The van der Waals surface area contributed by atoms with E-state index in [-0.39, 0.29) is 0 Å². The van der Waals surface area contributed by atoms with Crippen LogP contribution in [-0.4, -0.2) is 0 Å². The molecule has 17 aromatic rings. The van der Waals surface area contributed by atoms with Crippen LogP contribution in [0.25, 0.3) is 110 Å². The third kappa shape index (κ3) is 7.87. The molecular weight excluding hydrogens is 1080 g/mol. The smallest absolute Gasteiger partial charge is 0.159 e. The van der Waals surface area contributed by atoms with Gasteiger partial charge < -0.3 is 18.6 Å². The van der Waals surface area contributed by atoms with E-state index in [0.717, 1.165) is 99.9 Å². The lowest BCUT2D eigenvalue weighted by Crippen LogP contribution is -2.29. The van der Waals surface area contributed by atoms with E-state index in [0.29, 0.717) is 0 Å². The highest BCUT2D eigenvalue weighted by Crippen LogP contribution is 2.62. The van der Waals surface area contributed by atoms with Crippen LogP contribution in [0.2, 0.25) is 0 Å². The number of hydrogen-bond donors (Lipinski definition) is 0. The molecule has 0 unspecified atom stereocenters. The van der Waals surface area contributed by atoms with E-state index in [2.05, 4.69) is 325 Å². The maximum absolute atomic E-state index is 6.88. The number of hydrogen-bond acceptors (Lipinski definition) is 4. The molecule has 0 saturated heterocycles. The largest absolute Gasteiger partial charge is 0.454 e. The summed E-state index contributed by atoms with van der Waals surface area (Å²) in [6.07, 6.45) is 0. The normalized spacial score (nSPS) is 12.6. The van der Waals surface area contributed by atoms with Crippen molar-refractivity contribution in [2.24, 2.45) is 0 Å². The minimum absolute atomic E-state index is 0.749. The molecule has 0 saturated carbocycles. The third-order valence-corrected chi connectivity index (χ3v) is 18.7. The minimum Gasteiger partial charge on any atom is -0.454 e. The van der Waals surface area contributed by atoms with Gasteiger partial charge in [0.15, 0.2) is 11.2 Å². The van der Waals surface area contributed by atoms with E-state index in [9.17, 15) is 0 Å². The molecule has 0 atom stereocenters. The second-order valence-corrected chi connectivity index (χ2v) is 23.4. The standard InChI is InChI=1S/C85H54N2O2/c1-5-21-55(22-6-1)57-39-44-63(45-40-57)86(77-35-19-33-72-68-30-15-17-37-79(68)88-83(72)77)65-48-43-59-52-75-76(53-60(59)51-65)85(61-25-9-3-10-26-61,62-27-11-4-12-28-62)82-71-50-49-66(54-74(71)67-29-13-14-32-70(67)81(75)82)87(64-46-41-58(42-47-64)56-23-7-2-8-24-56)78-36-20-34-73-69-31-16-18-38-80(69)89-84(73)78/h1-54H. The summed E-state index contributed by atoms with van der Waals surface area (Å²) in [5.41, 5.74) is 20.8. The summed E-state index contributed by atoms with van der Waals surface area (Å²) in [5.74, 6) is 0. The zero-order valence-corrected chi connectivity index (χ0v) is 48.4. The average Bonchev–Trinajstić information content (AvgIpc) is 1.54. The lowest BCUT2D eigenvalue weighted by Gasteiger charge is -2.35. The predicted molar refractivity (Wildman–Crippen MR) is 371 cm³/mol. The Labute approximate surface area is 514 Å². The van der Waals surface area contributed by atoms with Gasteiger partial charge in [0.25, 0.3) is 0 Å². The van der Waals surface area contributed by atoms with Crippen molar-refractivity contribution < 1.29 is 8.83 Å². The molecular formula is C85H54N2O2. The van der Waals surface area contributed by atoms with Crippen LogP contribution in [0.4, 0.5) is 34.1 Å². The molecule has 0 aliphatic heterocycles. The van der Waals surface area contributed by atoms with Gasteiger partial charge in [-0.05, 0) is 173 Å². The van der Waals surface area contributed by atoms with Gasteiger partial charge in [0, 0.05) is 44.3 Å². The number of para-hydroxylation sites is 4. The van der Waals surface area contributed by atoms with Crippen LogP contribution in [-0.2, 0) is 5.41 Å². The molecule has 1 aliphatic carbocycles. The number of anilines is 6. The maximum Gasteiger partial charge on any atom is 0.159 e.